The van der Waals surface area contributed by atoms with E-state index >= 15 is 0 Å². The van der Waals surface area contributed by atoms with Gasteiger partial charge in [-0.05, 0) is 55.5 Å². The van der Waals surface area contributed by atoms with E-state index in [-0.39, 0.29) is 5.91 Å². The Balaban J connectivity index is 1.38. The molecule has 3 aromatic rings. The Morgan fingerprint density at radius 3 is 2.17 bits per heavy atom. The Morgan fingerprint density at radius 2 is 1.52 bits per heavy atom. The maximum Gasteiger partial charge on any atom is 0.253 e. The van der Waals surface area contributed by atoms with Crippen molar-refractivity contribution >= 4 is 5.91 Å². The average Bonchev–Trinajstić information content (AvgIpc) is 3.65. The summed E-state index contributed by atoms with van der Waals surface area (Å²) >= 11 is 0. The number of likely N-dealkylation sites (tertiary alicyclic amines) is 1. The molecule has 0 aromatic carbocycles. The van der Waals surface area contributed by atoms with Gasteiger partial charge in [0.25, 0.3) is 5.91 Å². The minimum absolute atomic E-state index is 0.0848. The van der Waals surface area contributed by atoms with Crippen LogP contribution in [0.3, 0.4) is 0 Å². The van der Waals surface area contributed by atoms with Gasteiger partial charge >= 0.3 is 0 Å². The Hall–Kier alpha value is -3.15. The zero-order valence-electron chi connectivity index (χ0n) is 16.2. The molecule has 1 aliphatic heterocycles. The minimum atomic E-state index is 0.0848. The summed E-state index contributed by atoms with van der Waals surface area (Å²) in [6.45, 7) is 1.48. The van der Waals surface area contributed by atoms with Gasteiger partial charge in [0.15, 0.2) is 0 Å². The van der Waals surface area contributed by atoms with Gasteiger partial charge in [-0.1, -0.05) is 0 Å². The van der Waals surface area contributed by atoms with Crippen molar-refractivity contribution in [1.82, 2.24) is 24.8 Å². The third kappa shape index (κ3) is 3.75. The van der Waals surface area contributed by atoms with E-state index in [0.717, 1.165) is 48.6 Å². The summed E-state index contributed by atoms with van der Waals surface area (Å²) in [4.78, 5) is 32.5. The van der Waals surface area contributed by atoms with Crippen molar-refractivity contribution in [1.29, 1.82) is 0 Å². The lowest BCUT2D eigenvalue weighted by atomic mass is 9.88. The molecule has 6 heteroatoms. The zero-order chi connectivity index (χ0) is 19.6. The molecule has 1 amide bonds. The molecular weight excluding hydrogens is 362 g/mol. The first-order valence-electron chi connectivity index (χ1n) is 10.3. The maximum atomic E-state index is 12.7. The largest absolute Gasteiger partial charge is 0.339 e. The molecule has 29 heavy (non-hydrogen) atoms. The Bertz CT molecular complexity index is 996. The molecule has 5 rings (SSSR count). The highest BCUT2D eigenvalue weighted by atomic mass is 16.2. The van der Waals surface area contributed by atoms with E-state index < -0.39 is 0 Å². The molecule has 0 unspecified atom stereocenters. The molecular formula is C23H23N5O. The number of rotatable bonds is 4. The van der Waals surface area contributed by atoms with Crippen molar-refractivity contribution in [2.45, 2.75) is 37.5 Å². The molecule has 0 radical (unpaired) electrons. The van der Waals surface area contributed by atoms with E-state index in [1.165, 1.54) is 12.8 Å². The van der Waals surface area contributed by atoms with Gasteiger partial charge in [-0.15, -0.1) is 0 Å². The number of carbonyl (C=O) groups is 1. The summed E-state index contributed by atoms with van der Waals surface area (Å²) < 4.78 is 0. The molecule has 2 fully saturated rings. The smallest absolute Gasteiger partial charge is 0.253 e. The van der Waals surface area contributed by atoms with Crippen molar-refractivity contribution in [2.24, 2.45) is 0 Å². The van der Waals surface area contributed by atoms with Crippen molar-refractivity contribution < 1.29 is 4.79 Å². The number of amides is 1. The van der Waals surface area contributed by atoms with Crippen LogP contribution in [0.1, 0.15) is 59.4 Å². The first kappa shape index (κ1) is 17.9. The molecule has 1 aliphatic carbocycles. The van der Waals surface area contributed by atoms with Gasteiger partial charge in [0.2, 0.25) is 0 Å². The number of aromatic nitrogens is 4. The van der Waals surface area contributed by atoms with E-state index in [2.05, 4.69) is 15.0 Å². The summed E-state index contributed by atoms with van der Waals surface area (Å²) in [6, 6.07) is 7.59. The first-order chi connectivity index (χ1) is 14.3. The lowest BCUT2D eigenvalue weighted by Gasteiger charge is -2.32. The fourth-order valence-electron chi connectivity index (χ4n) is 4.05. The number of hydrogen-bond acceptors (Lipinski definition) is 5. The molecule has 6 nitrogen and oxygen atoms in total. The second-order valence-electron chi connectivity index (χ2n) is 7.84. The molecule has 146 valence electrons. The lowest BCUT2D eigenvalue weighted by molar-refractivity contribution is 0.0712. The van der Waals surface area contributed by atoms with Gasteiger partial charge in [0, 0.05) is 67.0 Å². The Kier molecular flexibility index (Phi) is 4.76. The van der Waals surface area contributed by atoms with Crippen molar-refractivity contribution in [3.05, 3.63) is 72.3 Å². The van der Waals surface area contributed by atoms with Crippen LogP contribution in [0.25, 0.3) is 11.1 Å². The zero-order valence-corrected chi connectivity index (χ0v) is 16.2. The quantitative estimate of drug-likeness (QED) is 0.682. The standard InChI is InChI=1S/C23H23N5O/c29-23(19-5-11-25-12-6-19)28-13-7-17(8-14-28)21-20(16-3-9-24-10-4-16)15-26-22(27-21)18-1-2-18/h3-6,9-12,15,17-18H,1-2,7-8,13-14H2. The number of pyridine rings is 2. The molecule has 0 N–H and O–H groups in total. The predicted molar refractivity (Wildman–Crippen MR) is 109 cm³/mol. The van der Waals surface area contributed by atoms with E-state index in [0.29, 0.717) is 17.4 Å². The van der Waals surface area contributed by atoms with Crippen molar-refractivity contribution in [2.75, 3.05) is 13.1 Å². The highest BCUT2D eigenvalue weighted by Gasteiger charge is 2.31. The molecule has 3 aromatic heterocycles. The van der Waals surface area contributed by atoms with Crippen LogP contribution in [-0.2, 0) is 0 Å². The van der Waals surface area contributed by atoms with E-state index in [1.54, 1.807) is 24.5 Å². The summed E-state index contributed by atoms with van der Waals surface area (Å²) in [5.74, 6) is 1.92. The van der Waals surface area contributed by atoms with Gasteiger partial charge in [-0.25, -0.2) is 9.97 Å². The highest BCUT2D eigenvalue weighted by molar-refractivity contribution is 5.94. The van der Waals surface area contributed by atoms with E-state index in [4.69, 9.17) is 4.98 Å². The van der Waals surface area contributed by atoms with Crippen molar-refractivity contribution in [3.63, 3.8) is 0 Å². The second kappa shape index (κ2) is 7.70. The van der Waals surface area contributed by atoms with Gasteiger partial charge < -0.3 is 4.90 Å². The third-order valence-electron chi connectivity index (χ3n) is 5.87. The summed E-state index contributed by atoms with van der Waals surface area (Å²) in [6.07, 6.45) is 13.1. The first-order valence-corrected chi connectivity index (χ1v) is 10.3. The van der Waals surface area contributed by atoms with Crippen molar-refractivity contribution in [3.8, 4) is 11.1 Å². The predicted octanol–water partition coefficient (Wildman–Crippen LogP) is 3.83. The molecule has 4 heterocycles. The average molecular weight is 385 g/mol. The minimum Gasteiger partial charge on any atom is -0.339 e. The van der Waals surface area contributed by atoms with Gasteiger partial charge in [-0.3, -0.25) is 14.8 Å². The van der Waals surface area contributed by atoms with Crippen LogP contribution in [0.2, 0.25) is 0 Å². The summed E-state index contributed by atoms with van der Waals surface area (Å²) in [7, 11) is 0. The highest BCUT2D eigenvalue weighted by Crippen LogP contribution is 2.40. The maximum absolute atomic E-state index is 12.7. The number of nitrogens with zero attached hydrogens (tertiary/aromatic N) is 5. The summed E-state index contributed by atoms with van der Waals surface area (Å²) in [5.41, 5.74) is 4.03. The van der Waals surface area contributed by atoms with Crippen LogP contribution in [0.4, 0.5) is 0 Å². The fourth-order valence-corrected chi connectivity index (χ4v) is 4.05. The topological polar surface area (TPSA) is 71.9 Å². The monoisotopic (exact) mass is 385 g/mol. The Morgan fingerprint density at radius 1 is 0.862 bits per heavy atom. The SMILES string of the molecule is O=C(c1ccncc1)N1CCC(c2nc(C3CC3)ncc2-c2ccncc2)CC1. The molecule has 1 saturated heterocycles. The number of carbonyl (C=O) groups excluding carboxylic acids is 1. The van der Waals surface area contributed by atoms with E-state index in [1.807, 2.05) is 35.6 Å². The second-order valence-corrected chi connectivity index (χ2v) is 7.84. The number of hydrogen-bond donors (Lipinski definition) is 0. The molecule has 2 aliphatic rings. The fraction of sp³-hybridized carbons (Fsp3) is 0.348. The summed E-state index contributed by atoms with van der Waals surface area (Å²) in [5, 5.41) is 0. The molecule has 0 atom stereocenters. The lowest BCUT2D eigenvalue weighted by Crippen LogP contribution is -2.38. The molecule has 0 spiro atoms. The van der Waals surface area contributed by atoms with Crippen LogP contribution in [0.15, 0.2) is 55.2 Å². The molecule has 0 bridgehead atoms. The van der Waals surface area contributed by atoms with Gasteiger partial charge in [-0.2, -0.15) is 0 Å². The van der Waals surface area contributed by atoms with Crippen LogP contribution >= 0.6 is 0 Å². The van der Waals surface area contributed by atoms with Crippen LogP contribution in [0, 0.1) is 0 Å². The third-order valence-corrected chi connectivity index (χ3v) is 5.87. The van der Waals surface area contributed by atoms with Crippen LogP contribution < -0.4 is 0 Å². The van der Waals surface area contributed by atoms with Gasteiger partial charge in [0.1, 0.15) is 5.82 Å². The van der Waals surface area contributed by atoms with Crippen LogP contribution in [-0.4, -0.2) is 43.8 Å². The van der Waals surface area contributed by atoms with Crippen LogP contribution in [0.5, 0.6) is 0 Å². The van der Waals surface area contributed by atoms with E-state index in [9.17, 15) is 4.79 Å². The van der Waals surface area contributed by atoms with Gasteiger partial charge in [0.05, 0.1) is 5.69 Å². The molecule has 1 saturated carbocycles. The Labute approximate surface area is 170 Å². The number of piperidine rings is 1. The normalized spacial score (nSPS) is 17.3.